The van der Waals surface area contributed by atoms with E-state index in [-0.39, 0.29) is 0 Å². The molecular formula is C28H31N3. The molecule has 0 aromatic heterocycles. The Morgan fingerprint density at radius 3 is 0.968 bits per heavy atom. The van der Waals surface area contributed by atoms with Crippen LogP contribution in [0.15, 0.2) is 54.6 Å². The molecule has 0 N–H and O–H groups in total. The van der Waals surface area contributed by atoms with Crippen LogP contribution in [0.25, 0.3) is 0 Å². The van der Waals surface area contributed by atoms with Gasteiger partial charge in [0.05, 0.1) is 0 Å². The monoisotopic (exact) mass is 409 g/mol. The molecule has 0 radical (unpaired) electrons. The summed E-state index contributed by atoms with van der Waals surface area (Å²) in [6.07, 6.45) is 3.41. The van der Waals surface area contributed by atoms with Gasteiger partial charge >= 0.3 is 0 Å². The third kappa shape index (κ3) is 2.40. The van der Waals surface area contributed by atoms with Crippen LogP contribution in [0.2, 0.25) is 0 Å². The van der Waals surface area contributed by atoms with Gasteiger partial charge in [0.15, 0.2) is 0 Å². The van der Waals surface area contributed by atoms with E-state index in [1.165, 1.54) is 50.8 Å². The zero-order valence-corrected chi connectivity index (χ0v) is 18.9. The SMILES string of the molecule is CCCN1c2cccc3c2C2c4c1cccc4N(CCC)c1cccc(c12)N3CCC. The number of hydrogen-bond acceptors (Lipinski definition) is 3. The molecule has 0 saturated carbocycles. The number of rotatable bonds is 6. The quantitative estimate of drug-likeness (QED) is 0.418. The molecule has 6 rings (SSSR count). The van der Waals surface area contributed by atoms with Gasteiger partial charge in [0.1, 0.15) is 0 Å². The molecule has 0 atom stereocenters. The van der Waals surface area contributed by atoms with Gasteiger partial charge in [0.2, 0.25) is 0 Å². The first-order valence-electron chi connectivity index (χ1n) is 12.0. The van der Waals surface area contributed by atoms with Gasteiger partial charge in [0.25, 0.3) is 0 Å². The van der Waals surface area contributed by atoms with Crippen molar-refractivity contribution < 1.29 is 0 Å². The van der Waals surface area contributed by atoms with E-state index in [9.17, 15) is 0 Å². The van der Waals surface area contributed by atoms with E-state index < -0.39 is 0 Å². The van der Waals surface area contributed by atoms with Crippen LogP contribution in [0.4, 0.5) is 34.1 Å². The molecule has 0 fully saturated rings. The van der Waals surface area contributed by atoms with E-state index >= 15 is 0 Å². The molecule has 3 heterocycles. The number of nitrogens with zero attached hydrogens (tertiary/aromatic N) is 3. The summed E-state index contributed by atoms with van der Waals surface area (Å²) < 4.78 is 0. The van der Waals surface area contributed by atoms with Crippen LogP contribution in [0.5, 0.6) is 0 Å². The third-order valence-corrected chi connectivity index (χ3v) is 7.13. The molecule has 0 saturated heterocycles. The highest BCUT2D eigenvalue weighted by Crippen LogP contribution is 2.63. The molecule has 3 aromatic rings. The summed E-state index contributed by atoms with van der Waals surface area (Å²) in [6.45, 7) is 10.0. The summed E-state index contributed by atoms with van der Waals surface area (Å²) in [5.74, 6) is 0.331. The van der Waals surface area contributed by atoms with Gasteiger partial charge in [-0.25, -0.2) is 0 Å². The van der Waals surface area contributed by atoms with Gasteiger partial charge in [-0.05, 0) is 55.7 Å². The van der Waals surface area contributed by atoms with Crippen LogP contribution >= 0.6 is 0 Å². The maximum Gasteiger partial charge on any atom is 0.0474 e. The van der Waals surface area contributed by atoms with Crippen molar-refractivity contribution in [2.24, 2.45) is 0 Å². The average Bonchev–Trinajstić information content (AvgIpc) is 2.80. The Morgan fingerprint density at radius 2 is 0.742 bits per heavy atom. The predicted octanol–water partition coefficient (Wildman–Crippen LogP) is 7.45. The minimum atomic E-state index is 0.331. The second-order valence-electron chi connectivity index (χ2n) is 9.02. The van der Waals surface area contributed by atoms with Gasteiger partial charge < -0.3 is 14.7 Å². The van der Waals surface area contributed by atoms with Crippen molar-refractivity contribution in [3.05, 3.63) is 71.3 Å². The van der Waals surface area contributed by atoms with E-state index in [1.807, 2.05) is 0 Å². The van der Waals surface area contributed by atoms with Crippen molar-refractivity contribution >= 4 is 34.1 Å². The molecule has 0 bridgehead atoms. The van der Waals surface area contributed by atoms with Crippen molar-refractivity contribution in [3.63, 3.8) is 0 Å². The van der Waals surface area contributed by atoms with Gasteiger partial charge in [-0.15, -0.1) is 0 Å². The van der Waals surface area contributed by atoms with Crippen LogP contribution in [0.3, 0.4) is 0 Å². The smallest absolute Gasteiger partial charge is 0.0474 e. The second kappa shape index (κ2) is 7.05. The Labute approximate surface area is 185 Å². The molecule has 3 heteroatoms. The van der Waals surface area contributed by atoms with E-state index in [1.54, 1.807) is 0 Å². The Balaban J connectivity index is 1.73. The standard InChI is InChI=1S/C28H31N3/c1-4-16-29-19-10-7-12-21-25(19)28-26-20(29)11-8-13-22(26)31(18-6-3)24-15-9-14-23(27(24)28)30(21)17-5-2/h7-15,28H,4-6,16-18H2,1-3H3. The Morgan fingerprint density at radius 1 is 0.484 bits per heavy atom. The maximum absolute atomic E-state index is 2.58. The number of anilines is 6. The van der Waals surface area contributed by atoms with Gasteiger partial charge in [0, 0.05) is 76.4 Å². The first-order valence-corrected chi connectivity index (χ1v) is 12.0. The normalized spacial score (nSPS) is 15.4. The lowest BCUT2D eigenvalue weighted by Gasteiger charge is -2.50. The highest BCUT2D eigenvalue weighted by molar-refractivity contribution is 5.97. The lowest BCUT2D eigenvalue weighted by molar-refractivity contribution is 0.773. The van der Waals surface area contributed by atoms with Gasteiger partial charge in [-0.1, -0.05) is 39.0 Å². The first-order chi connectivity index (χ1) is 15.3. The summed E-state index contributed by atoms with van der Waals surface area (Å²) in [5.41, 5.74) is 13.0. The van der Waals surface area contributed by atoms with Gasteiger partial charge in [-0.2, -0.15) is 0 Å². The zero-order chi connectivity index (χ0) is 21.1. The third-order valence-electron chi connectivity index (χ3n) is 7.13. The average molecular weight is 410 g/mol. The number of benzene rings is 3. The summed E-state index contributed by atoms with van der Waals surface area (Å²) in [4.78, 5) is 7.75. The fourth-order valence-corrected chi connectivity index (χ4v) is 6.14. The van der Waals surface area contributed by atoms with E-state index in [0.717, 1.165) is 38.9 Å². The second-order valence-corrected chi connectivity index (χ2v) is 9.02. The zero-order valence-electron chi connectivity index (χ0n) is 18.9. The maximum atomic E-state index is 2.58. The van der Waals surface area contributed by atoms with Crippen LogP contribution < -0.4 is 14.7 Å². The molecule has 158 valence electrons. The van der Waals surface area contributed by atoms with E-state index in [4.69, 9.17) is 0 Å². The Hall–Kier alpha value is -2.94. The van der Waals surface area contributed by atoms with Crippen LogP contribution in [0, 0.1) is 0 Å². The molecule has 0 unspecified atom stereocenters. The fraction of sp³-hybridized carbons (Fsp3) is 0.357. The molecular weight excluding hydrogens is 378 g/mol. The van der Waals surface area contributed by atoms with Crippen LogP contribution in [-0.2, 0) is 0 Å². The molecule has 0 aliphatic carbocycles. The summed E-state index contributed by atoms with van der Waals surface area (Å²) >= 11 is 0. The van der Waals surface area contributed by atoms with Gasteiger partial charge in [-0.3, -0.25) is 0 Å². The minimum Gasteiger partial charge on any atom is -0.341 e. The highest BCUT2D eigenvalue weighted by Gasteiger charge is 2.45. The Bertz CT molecular complexity index is 952. The molecule has 3 nitrogen and oxygen atoms in total. The lowest BCUT2D eigenvalue weighted by atomic mass is 9.72. The predicted molar refractivity (Wildman–Crippen MR) is 132 cm³/mol. The first kappa shape index (κ1) is 18.8. The van der Waals surface area contributed by atoms with E-state index in [2.05, 4.69) is 90.1 Å². The summed E-state index contributed by atoms with van der Waals surface area (Å²) in [5, 5.41) is 0. The van der Waals surface area contributed by atoms with Crippen molar-refractivity contribution in [2.45, 2.75) is 46.0 Å². The minimum absolute atomic E-state index is 0.331. The van der Waals surface area contributed by atoms with Crippen LogP contribution in [0.1, 0.15) is 62.6 Å². The van der Waals surface area contributed by atoms with Crippen molar-refractivity contribution in [1.29, 1.82) is 0 Å². The van der Waals surface area contributed by atoms with Crippen molar-refractivity contribution in [1.82, 2.24) is 0 Å². The van der Waals surface area contributed by atoms with Crippen LogP contribution in [-0.4, -0.2) is 19.6 Å². The molecule has 3 aromatic carbocycles. The topological polar surface area (TPSA) is 9.72 Å². The van der Waals surface area contributed by atoms with Crippen molar-refractivity contribution in [2.75, 3.05) is 34.3 Å². The summed E-state index contributed by atoms with van der Waals surface area (Å²) in [7, 11) is 0. The molecule has 0 amide bonds. The molecule has 31 heavy (non-hydrogen) atoms. The lowest BCUT2D eigenvalue weighted by Crippen LogP contribution is -2.37. The molecule has 0 spiro atoms. The summed E-state index contributed by atoms with van der Waals surface area (Å²) in [6, 6.07) is 20.9. The van der Waals surface area contributed by atoms with E-state index in [0.29, 0.717) is 5.92 Å². The highest BCUT2D eigenvalue weighted by atomic mass is 15.2. The molecule has 3 aliphatic rings. The fourth-order valence-electron chi connectivity index (χ4n) is 6.14. The Kier molecular flexibility index (Phi) is 4.27. The van der Waals surface area contributed by atoms with Crippen molar-refractivity contribution in [3.8, 4) is 0 Å². The molecule has 3 aliphatic heterocycles. The number of hydrogen-bond donors (Lipinski definition) is 0. The largest absolute Gasteiger partial charge is 0.341 e.